The molecule has 0 aliphatic heterocycles. The van der Waals surface area contributed by atoms with Crippen molar-refractivity contribution in [2.75, 3.05) is 0 Å². The lowest BCUT2D eigenvalue weighted by atomic mass is 9.98. The van der Waals surface area contributed by atoms with Crippen LogP contribution >= 0.6 is 11.6 Å². The minimum Gasteiger partial charge on any atom is -0.327 e. The number of nitro benzene ring substituents is 1. The SMILES string of the molecule is Cc1ccc(CC(N)Cc2ccc(Cl)cc2[N+](=O)[O-])cc1. The van der Waals surface area contributed by atoms with Crippen molar-refractivity contribution in [1.29, 1.82) is 0 Å². The number of halogens is 1. The molecule has 2 rings (SSSR count). The Morgan fingerprint density at radius 3 is 2.48 bits per heavy atom. The molecule has 0 saturated carbocycles. The van der Waals surface area contributed by atoms with E-state index < -0.39 is 4.92 Å². The second-order valence-corrected chi connectivity index (χ2v) is 5.62. The van der Waals surface area contributed by atoms with Gasteiger partial charge in [0.05, 0.1) is 4.92 Å². The summed E-state index contributed by atoms with van der Waals surface area (Å²) in [6.45, 7) is 2.03. The molecule has 0 spiro atoms. The van der Waals surface area contributed by atoms with Gasteiger partial charge in [0.25, 0.3) is 5.69 Å². The summed E-state index contributed by atoms with van der Waals surface area (Å²) in [5.74, 6) is 0. The van der Waals surface area contributed by atoms with Crippen LogP contribution in [0.5, 0.6) is 0 Å². The second-order valence-electron chi connectivity index (χ2n) is 5.18. The Bertz CT molecular complexity index is 641. The Hall–Kier alpha value is -1.91. The predicted octanol–water partition coefficient (Wildman–Crippen LogP) is 3.67. The monoisotopic (exact) mass is 304 g/mol. The van der Waals surface area contributed by atoms with Crippen LogP contribution in [0.15, 0.2) is 42.5 Å². The Kier molecular flexibility index (Phi) is 4.94. The third kappa shape index (κ3) is 4.28. The molecule has 0 aliphatic rings. The maximum absolute atomic E-state index is 11.1. The van der Waals surface area contributed by atoms with Crippen molar-refractivity contribution >= 4 is 17.3 Å². The first-order valence-corrected chi connectivity index (χ1v) is 7.07. The number of nitrogens with two attached hydrogens (primary N) is 1. The third-order valence-corrected chi connectivity index (χ3v) is 3.58. The third-order valence-electron chi connectivity index (χ3n) is 3.34. The number of hydrogen-bond donors (Lipinski definition) is 1. The van der Waals surface area contributed by atoms with Crippen LogP contribution in [0.2, 0.25) is 5.02 Å². The van der Waals surface area contributed by atoms with Crippen LogP contribution in [0.25, 0.3) is 0 Å². The van der Waals surface area contributed by atoms with Gasteiger partial charge in [0, 0.05) is 22.7 Å². The number of nitro groups is 1. The van der Waals surface area contributed by atoms with Gasteiger partial charge in [-0.15, -0.1) is 0 Å². The van der Waals surface area contributed by atoms with Gasteiger partial charge in [0.1, 0.15) is 0 Å². The highest BCUT2D eigenvalue weighted by molar-refractivity contribution is 6.30. The maximum Gasteiger partial charge on any atom is 0.274 e. The highest BCUT2D eigenvalue weighted by Crippen LogP contribution is 2.24. The standard InChI is InChI=1S/C16H17ClN2O2/c1-11-2-4-12(5-3-11)8-15(18)9-13-6-7-14(17)10-16(13)19(20)21/h2-7,10,15H,8-9,18H2,1H3. The molecule has 2 aromatic rings. The van der Waals surface area contributed by atoms with E-state index in [1.54, 1.807) is 12.1 Å². The predicted molar refractivity (Wildman–Crippen MR) is 84.7 cm³/mol. The Balaban J connectivity index is 2.10. The lowest BCUT2D eigenvalue weighted by Gasteiger charge is -2.12. The van der Waals surface area contributed by atoms with Crippen LogP contribution in [0, 0.1) is 17.0 Å². The average molecular weight is 305 g/mol. The Morgan fingerprint density at radius 2 is 1.86 bits per heavy atom. The summed E-state index contributed by atoms with van der Waals surface area (Å²) in [5.41, 5.74) is 9.10. The van der Waals surface area contributed by atoms with Gasteiger partial charge in [-0.1, -0.05) is 47.5 Å². The molecule has 1 atom stereocenters. The van der Waals surface area contributed by atoms with Gasteiger partial charge in [-0.2, -0.15) is 0 Å². The van der Waals surface area contributed by atoms with Crippen molar-refractivity contribution in [3.8, 4) is 0 Å². The van der Waals surface area contributed by atoms with Crippen molar-refractivity contribution in [3.05, 3.63) is 74.3 Å². The first-order chi connectivity index (χ1) is 9.95. The summed E-state index contributed by atoms with van der Waals surface area (Å²) >= 11 is 5.81. The fourth-order valence-corrected chi connectivity index (χ4v) is 2.43. The molecule has 2 aromatic carbocycles. The van der Waals surface area contributed by atoms with Crippen LogP contribution in [-0.2, 0) is 12.8 Å². The second kappa shape index (κ2) is 6.70. The van der Waals surface area contributed by atoms with Crippen LogP contribution in [0.1, 0.15) is 16.7 Å². The largest absolute Gasteiger partial charge is 0.327 e. The molecule has 2 N–H and O–H groups in total. The topological polar surface area (TPSA) is 69.2 Å². The molecule has 5 heteroatoms. The summed E-state index contributed by atoms with van der Waals surface area (Å²) in [5, 5.41) is 11.4. The summed E-state index contributed by atoms with van der Waals surface area (Å²) in [6.07, 6.45) is 1.13. The van der Waals surface area contributed by atoms with Crippen molar-refractivity contribution < 1.29 is 4.92 Å². The van der Waals surface area contributed by atoms with E-state index in [-0.39, 0.29) is 11.7 Å². The zero-order valence-corrected chi connectivity index (χ0v) is 12.5. The van der Waals surface area contributed by atoms with Crippen molar-refractivity contribution in [3.63, 3.8) is 0 Å². The van der Waals surface area contributed by atoms with Crippen LogP contribution in [-0.4, -0.2) is 11.0 Å². The Morgan fingerprint density at radius 1 is 1.19 bits per heavy atom. The highest BCUT2D eigenvalue weighted by atomic mass is 35.5. The molecule has 0 fully saturated rings. The van der Waals surface area contributed by atoms with Crippen molar-refractivity contribution in [1.82, 2.24) is 0 Å². The zero-order chi connectivity index (χ0) is 15.4. The van der Waals surface area contributed by atoms with E-state index in [0.717, 1.165) is 5.56 Å². The lowest BCUT2D eigenvalue weighted by Crippen LogP contribution is -2.25. The minimum atomic E-state index is -0.417. The summed E-state index contributed by atoms with van der Waals surface area (Å²) < 4.78 is 0. The van der Waals surface area contributed by atoms with Gasteiger partial charge in [-0.05, 0) is 31.4 Å². The Labute approximate surface area is 128 Å². The fourth-order valence-electron chi connectivity index (χ4n) is 2.26. The van der Waals surface area contributed by atoms with E-state index in [1.807, 2.05) is 31.2 Å². The molecule has 0 aliphatic carbocycles. The highest BCUT2D eigenvalue weighted by Gasteiger charge is 2.17. The summed E-state index contributed by atoms with van der Waals surface area (Å²) in [7, 11) is 0. The minimum absolute atomic E-state index is 0.0295. The molecular formula is C16H17ClN2O2. The molecule has 110 valence electrons. The number of hydrogen-bond acceptors (Lipinski definition) is 3. The van der Waals surface area contributed by atoms with Gasteiger partial charge in [-0.25, -0.2) is 0 Å². The van der Waals surface area contributed by atoms with Crippen LogP contribution in [0.3, 0.4) is 0 Å². The fraction of sp³-hybridized carbons (Fsp3) is 0.250. The average Bonchev–Trinajstić information content (AvgIpc) is 2.43. The zero-order valence-electron chi connectivity index (χ0n) is 11.8. The molecule has 4 nitrogen and oxygen atoms in total. The summed E-state index contributed by atoms with van der Waals surface area (Å²) in [4.78, 5) is 10.6. The number of rotatable bonds is 5. The molecule has 21 heavy (non-hydrogen) atoms. The normalized spacial score (nSPS) is 12.1. The van der Waals surface area contributed by atoms with Gasteiger partial charge >= 0.3 is 0 Å². The molecule has 0 aromatic heterocycles. The van der Waals surface area contributed by atoms with Crippen molar-refractivity contribution in [2.24, 2.45) is 5.73 Å². The molecule has 1 unspecified atom stereocenters. The van der Waals surface area contributed by atoms with Crippen molar-refractivity contribution in [2.45, 2.75) is 25.8 Å². The molecule has 0 amide bonds. The number of aryl methyl sites for hydroxylation is 1. The summed E-state index contributed by atoms with van der Waals surface area (Å²) in [6, 6.07) is 12.7. The molecule has 0 radical (unpaired) electrons. The van der Waals surface area contributed by atoms with E-state index in [9.17, 15) is 10.1 Å². The molecule has 0 saturated heterocycles. The first kappa shape index (κ1) is 15.5. The molecule has 0 heterocycles. The van der Waals surface area contributed by atoms with Crippen LogP contribution < -0.4 is 5.73 Å². The van der Waals surface area contributed by atoms with E-state index in [4.69, 9.17) is 17.3 Å². The first-order valence-electron chi connectivity index (χ1n) is 6.69. The van der Waals surface area contributed by atoms with E-state index in [2.05, 4.69) is 0 Å². The van der Waals surface area contributed by atoms with Gasteiger partial charge in [0.2, 0.25) is 0 Å². The smallest absolute Gasteiger partial charge is 0.274 e. The number of benzene rings is 2. The van der Waals surface area contributed by atoms with E-state index in [1.165, 1.54) is 11.6 Å². The van der Waals surface area contributed by atoms with Gasteiger partial charge in [-0.3, -0.25) is 10.1 Å². The van der Waals surface area contributed by atoms with Crippen LogP contribution in [0.4, 0.5) is 5.69 Å². The molecule has 0 bridgehead atoms. The quantitative estimate of drug-likeness (QED) is 0.677. The van der Waals surface area contributed by atoms with Gasteiger partial charge < -0.3 is 5.73 Å². The molecular weight excluding hydrogens is 288 g/mol. The maximum atomic E-state index is 11.1. The van der Waals surface area contributed by atoms with Gasteiger partial charge in [0.15, 0.2) is 0 Å². The van der Waals surface area contributed by atoms with E-state index in [0.29, 0.717) is 23.4 Å². The number of nitrogens with zero attached hydrogens (tertiary/aromatic N) is 1. The van der Waals surface area contributed by atoms with E-state index >= 15 is 0 Å². The lowest BCUT2D eigenvalue weighted by molar-refractivity contribution is -0.385.